The molecule has 0 bridgehead atoms. The van der Waals surface area contributed by atoms with Crippen LogP contribution in [-0.2, 0) is 0 Å². The number of nitrogens with zero attached hydrogens (tertiary/aromatic N) is 1. The highest BCUT2D eigenvalue weighted by Crippen LogP contribution is 2.30. The van der Waals surface area contributed by atoms with Gasteiger partial charge in [-0.05, 0) is 35.9 Å². The van der Waals surface area contributed by atoms with E-state index in [-0.39, 0.29) is 0 Å². The largest absolute Gasteiger partial charge is 0.376 e. The molecule has 0 saturated carbocycles. The maximum Gasteiger partial charge on any atom is 0.132 e. The van der Waals surface area contributed by atoms with Crippen molar-refractivity contribution in [3.63, 3.8) is 0 Å². The summed E-state index contributed by atoms with van der Waals surface area (Å²) >= 11 is 7.72. The first-order valence-electron chi connectivity index (χ1n) is 6.00. The molecular weight excluding hydrogens is 264 g/mol. The van der Waals surface area contributed by atoms with Crippen molar-refractivity contribution < 1.29 is 0 Å². The molecule has 1 unspecified atom stereocenters. The second-order valence-corrected chi connectivity index (χ2v) is 6.05. The van der Waals surface area contributed by atoms with E-state index in [4.69, 9.17) is 11.6 Å². The van der Waals surface area contributed by atoms with E-state index in [1.165, 1.54) is 4.88 Å². The molecular formula is C14H17ClN2S. The zero-order valence-corrected chi connectivity index (χ0v) is 12.3. The summed E-state index contributed by atoms with van der Waals surface area (Å²) in [6.45, 7) is 6.40. The monoisotopic (exact) mass is 280 g/mol. The number of aryl methyl sites for hydroxylation is 1. The van der Waals surface area contributed by atoms with E-state index in [1.54, 1.807) is 17.5 Å². The predicted octanol–water partition coefficient (Wildman–Crippen LogP) is 4.91. The Balaban J connectivity index is 2.21. The molecule has 0 fully saturated rings. The molecule has 0 aliphatic heterocycles. The smallest absolute Gasteiger partial charge is 0.132 e. The van der Waals surface area contributed by atoms with Crippen LogP contribution >= 0.6 is 22.9 Å². The minimum atomic E-state index is 0.312. The molecule has 18 heavy (non-hydrogen) atoms. The molecule has 4 heteroatoms. The lowest BCUT2D eigenvalue weighted by Crippen LogP contribution is -2.15. The number of thiophene rings is 1. The van der Waals surface area contributed by atoms with Crippen molar-refractivity contribution in [2.24, 2.45) is 5.92 Å². The van der Waals surface area contributed by atoms with Crippen molar-refractivity contribution in [1.82, 2.24) is 4.98 Å². The quantitative estimate of drug-likeness (QED) is 0.805. The van der Waals surface area contributed by atoms with Gasteiger partial charge in [-0.25, -0.2) is 4.98 Å². The molecule has 2 nitrogen and oxygen atoms in total. The van der Waals surface area contributed by atoms with Crippen LogP contribution in [0.25, 0.3) is 0 Å². The lowest BCUT2D eigenvalue weighted by atomic mass is 10.0. The van der Waals surface area contributed by atoms with E-state index in [1.807, 2.05) is 13.0 Å². The lowest BCUT2D eigenvalue weighted by molar-refractivity contribution is 0.553. The summed E-state index contributed by atoms with van der Waals surface area (Å²) < 4.78 is 0. The second-order valence-electron chi connectivity index (χ2n) is 4.71. The number of pyridine rings is 1. The Kier molecular flexibility index (Phi) is 4.25. The van der Waals surface area contributed by atoms with Gasteiger partial charge < -0.3 is 5.32 Å². The standard InChI is InChI=1S/C14H17ClN2S/c1-9(2)13(12-5-4-6-18-12)17-11-7-10(3)14(15)16-8-11/h4-9,13,17H,1-3H3. The molecule has 1 atom stereocenters. The van der Waals surface area contributed by atoms with E-state index in [2.05, 4.69) is 41.7 Å². The summed E-state index contributed by atoms with van der Waals surface area (Å²) in [7, 11) is 0. The van der Waals surface area contributed by atoms with Crippen LogP contribution in [0.3, 0.4) is 0 Å². The van der Waals surface area contributed by atoms with Gasteiger partial charge in [0.05, 0.1) is 17.9 Å². The molecule has 0 aromatic carbocycles. The number of aromatic nitrogens is 1. The van der Waals surface area contributed by atoms with Crippen LogP contribution in [0.5, 0.6) is 0 Å². The fourth-order valence-electron chi connectivity index (χ4n) is 1.85. The molecule has 2 aromatic heterocycles. The van der Waals surface area contributed by atoms with Crippen molar-refractivity contribution in [3.05, 3.63) is 45.4 Å². The maximum atomic E-state index is 5.94. The van der Waals surface area contributed by atoms with Gasteiger partial charge in [-0.2, -0.15) is 0 Å². The van der Waals surface area contributed by atoms with Crippen LogP contribution in [0, 0.1) is 12.8 Å². The third-order valence-corrected chi connectivity index (χ3v) is 4.20. The Labute approximate surface area is 117 Å². The molecule has 96 valence electrons. The third kappa shape index (κ3) is 3.03. The van der Waals surface area contributed by atoms with E-state index in [0.717, 1.165) is 11.3 Å². The van der Waals surface area contributed by atoms with Gasteiger partial charge in [0.15, 0.2) is 0 Å². The van der Waals surface area contributed by atoms with E-state index in [9.17, 15) is 0 Å². The van der Waals surface area contributed by atoms with E-state index >= 15 is 0 Å². The van der Waals surface area contributed by atoms with Crippen LogP contribution in [-0.4, -0.2) is 4.98 Å². The summed E-state index contributed by atoms with van der Waals surface area (Å²) in [5, 5.41) is 6.21. The number of anilines is 1. The Hall–Kier alpha value is -1.06. The maximum absolute atomic E-state index is 5.94. The highest BCUT2D eigenvalue weighted by Gasteiger charge is 2.16. The number of nitrogens with one attached hydrogen (secondary N) is 1. The fraction of sp³-hybridized carbons (Fsp3) is 0.357. The van der Waals surface area contributed by atoms with E-state index in [0.29, 0.717) is 17.1 Å². The van der Waals surface area contributed by atoms with Crippen LogP contribution < -0.4 is 5.32 Å². The second kappa shape index (κ2) is 5.72. The molecule has 0 aliphatic rings. The number of halogens is 1. The Morgan fingerprint density at radius 3 is 2.72 bits per heavy atom. The minimum absolute atomic E-state index is 0.312. The van der Waals surface area contributed by atoms with Crippen LogP contribution in [0.15, 0.2) is 29.8 Å². The Bertz CT molecular complexity index is 509. The molecule has 0 aliphatic carbocycles. The summed E-state index contributed by atoms with van der Waals surface area (Å²) in [6, 6.07) is 6.60. The van der Waals surface area contributed by atoms with Gasteiger partial charge in [-0.15, -0.1) is 11.3 Å². The summed E-state index contributed by atoms with van der Waals surface area (Å²) in [6.07, 6.45) is 1.79. The molecule has 0 saturated heterocycles. The summed E-state index contributed by atoms with van der Waals surface area (Å²) in [4.78, 5) is 5.52. The van der Waals surface area contributed by atoms with Crippen molar-refractivity contribution in [2.45, 2.75) is 26.8 Å². The van der Waals surface area contributed by atoms with Crippen molar-refractivity contribution >= 4 is 28.6 Å². The van der Waals surface area contributed by atoms with Crippen LogP contribution in [0.1, 0.15) is 30.3 Å². The van der Waals surface area contributed by atoms with Crippen molar-refractivity contribution in [1.29, 1.82) is 0 Å². The highest BCUT2D eigenvalue weighted by molar-refractivity contribution is 7.10. The predicted molar refractivity (Wildman–Crippen MR) is 79.5 cm³/mol. The Morgan fingerprint density at radius 1 is 1.39 bits per heavy atom. The fourth-order valence-corrected chi connectivity index (χ4v) is 2.90. The average Bonchev–Trinajstić information content (AvgIpc) is 2.83. The zero-order valence-electron chi connectivity index (χ0n) is 10.8. The number of rotatable bonds is 4. The van der Waals surface area contributed by atoms with Gasteiger partial charge >= 0.3 is 0 Å². The summed E-state index contributed by atoms with van der Waals surface area (Å²) in [5.74, 6) is 0.514. The van der Waals surface area contributed by atoms with Gasteiger partial charge in [0.1, 0.15) is 5.15 Å². The number of hydrogen-bond donors (Lipinski definition) is 1. The average molecular weight is 281 g/mol. The highest BCUT2D eigenvalue weighted by atomic mass is 35.5. The first-order valence-corrected chi connectivity index (χ1v) is 7.25. The van der Waals surface area contributed by atoms with Gasteiger partial charge in [0.2, 0.25) is 0 Å². The Morgan fingerprint density at radius 2 is 2.17 bits per heavy atom. The van der Waals surface area contributed by atoms with Crippen LogP contribution in [0.2, 0.25) is 5.15 Å². The van der Waals surface area contributed by atoms with E-state index < -0.39 is 0 Å². The van der Waals surface area contributed by atoms with Gasteiger partial charge in [0.25, 0.3) is 0 Å². The zero-order chi connectivity index (χ0) is 13.1. The van der Waals surface area contributed by atoms with Gasteiger partial charge in [-0.1, -0.05) is 31.5 Å². The molecule has 0 radical (unpaired) electrons. The normalized spacial score (nSPS) is 12.7. The van der Waals surface area contributed by atoms with Crippen molar-refractivity contribution in [2.75, 3.05) is 5.32 Å². The van der Waals surface area contributed by atoms with Gasteiger partial charge in [0, 0.05) is 4.88 Å². The topological polar surface area (TPSA) is 24.9 Å². The molecule has 2 rings (SSSR count). The molecule has 2 aromatic rings. The molecule has 2 heterocycles. The van der Waals surface area contributed by atoms with Crippen LogP contribution in [0.4, 0.5) is 5.69 Å². The third-order valence-electron chi connectivity index (χ3n) is 2.85. The molecule has 1 N–H and O–H groups in total. The van der Waals surface area contributed by atoms with Crippen molar-refractivity contribution in [3.8, 4) is 0 Å². The minimum Gasteiger partial charge on any atom is -0.376 e. The van der Waals surface area contributed by atoms with Gasteiger partial charge in [-0.3, -0.25) is 0 Å². The molecule has 0 amide bonds. The lowest BCUT2D eigenvalue weighted by Gasteiger charge is -2.22. The number of hydrogen-bond acceptors (Lipinski definition) is 3. The first kappa shape index (κ1) is 13.4. The SMILES string of the molecule is Cc1cc(NC(c2cccs2)C(C)C)cnc1Cl. The summed E-state index contributed by atoms with van der Waals surface area (Å²) in [5.41, 5.74) is 2.01. The first-order chi connectivity index (χ1) is 8.58. The molecule has 0 spiro atoms.